The standard InChI is InChI=1S/C17H22N4O3/c1-3-19(4-2)16(22)14-13-7-5-6-8-21(13)15(18-14)17(23)20-9-11-24-12-10-20/h5-8H,3-4,9-12H2,1-2H3. The highest BCUT2D eigenvalue weighted by atomic mass is 16.5. The van der Waals surface area contributed by atoms with E-state index in [9.17, 15) is 9.59 Å². The Morgan fingerprint density at radius 2 is 1.92 bits per heavy atom. The molecule has 0 saturated carbocycles. The van der Waals surface area contributed by atoms with Gasteiger partial charge in [-0.25, -0.2) is 4.98 Å². The molecule has 0 radical (unpaired) electrons. The lowest BCUT2D eigenvalue weighted by atomic mass is 10.3. The summed E-state index contributed by atoms with van der Waals surface area (Å²) in [5.41, 5.74) is 0.988. The number of carbonyl (C=O) groups excluding carboxylic acids is 2. The Morgan fingerprint density at radius 3 is 2.58 bits per heavy atom. The van der Waals surface area contributed by atoms with E-state index in [0.29, 0.717) is 50.6 Å². The van der Waals surface area contributed by atoms with Crippen LogP contribution in [0.5, 0.6) is 0 Å². The first-order chi connectivity index (χ1) is 11.7. The maximum absolute atomic E-state index is 12.8. The molecule has 0 aromatic carbocycles. The van der Waals surface area contributed by atoms with Gasteiger partial charge >= 0.3 is 0 Å². The van der Waals surface area contributed by atoms with Crippen LogP contribution < -0.4 is 0 Å². The van der Waals surface area contributed by atoms with E-state index in [2.05, 4.69) is 4.98 Å². The average Bonchev–Trinajstić information content (AvgIpc) is 3.02. The molecule has 24 heavy (non-hydrogen) atoms. The third kappa shape index (κ3) is 2.87. The van der Waals surface area contributed by atoms with Gasteiger partial charge in [-0.05, 0) is 26.0 Å². The second kappa shape index (κ2) is 7.00. The zero-order chi connectivity index (χ0) is 17.1. The molecule has 2 aromatic heterocycles. The van der Waals surface area contributed by atoms with E-state index in [1.165, 1.54) is 0 Å². The molecule has 3 rings (SSSR count). The lowest BCUT2D eigenvalue weighted by Crippen LogP contribution is -2.41. The number of amides is 2. The molecule has 7 heteroatoms. The summed E-state index contributed by atoms with van der Waals surface area (Å²) in [5, 5.41) is 0. The van der Waals surface area contributed by atoms with Crippen LogP contribution in [-0.2, 0) is 4.74 Å². The largest absolute Gasteiger partial charge is 0.378 e. The van der Waals surface area contributed by atoms with Gasteiger partial charge in [0.25, 0.3) is 11.8 Å². The van der Waals surface area contributed by atoms with Crippen LogP contribution in [0.2, 0.25) is 0 Å². The summed E-state index contributed by atoms with van der Waals surface area (Å²) in [6.45, 7) is 7.21. The van der Waals surface area contributed by atoms with Crippen LogP contribution in [0.1, 0.15) is 35.0 Å². The Hall–Kier alpha value is -2.41. The number of carbonyl (C=O) groups is 2. The summed E-state index contributed by atoms with van der Waals surface area (Å²) in [5.74, 6) is -0.0363. The number of hydrogen-bond donors (Lipinski definition) is 0. The van der Waals surface area contributed by atoms with E-state index in [1.54, 1.807) is 20.4 Å². The molecule has 0 spiro atoms. The first-order valence-corrected chi connectivity index (χ1v) is 8.30. The zero-order valence-electron chi connectivity index (χ0n) is 14.1. The molecule has 0 aliphatic carbocycles. The number of imidazole rings is 1. The molecule has 2 amide bonds. The van der Waals surface area contributed by atoms with Crippen molar-refractivity contribution in [2.75, 3.05) is 39.4 Å². The van der Waals surface area contributed by atoms with E-state index >= 15 is 0 Å². The minimum atomic E-state index is -0.168. The number of pyridine rings is 1. The summed E-state index contributed by atoms with van der Waals surface area (Å²) in [7, 11) is 0. The predicted octanol–water partition coefficient (Wildman–Crippen LogP) is 1.29. The zero-order valence-corrected chi connectivity index (χ0v) is 14.1. The highest BCUT2D eigenvalue weighted by Crippen LogP contribution is 2.17. The van der Waals surface area contributed by atoms with Crippen molar-refractivity contribution >= 4 is 17.3 Å². The van der Waals surface area contributed by atoms with Crippen molar-refractivity contribution in [3.05, 3.63) is 35.9 Å². The SMILES string of the molecule is CCN(CC)C(=O)c1nc(C(=O)N2CCOCC2)n2ccccc12. The third-order valence-electron chi connectivity index (χ3n) is 4.29. The lowest BCUT2D eigenvalue weighted by molar-refractivity contribution is 0.0294. The van der Waals surface area contributed by atoms with Crippen LogP contribution in [0.25, 0.3) is 5.52 Å². The van der Waals surface area contributed by atoms with Crippen molar-refractivity contribution < 1.29 is 14.3 Å². The minimum absolute atomic E-state index is 0.148. The van der Waals surface area contributed by atoms with Crippen LogP contribution in [0.15, 0.2) is 24.4 Å². The second-order valence-electron chi connectivity index (χ2n) is 5.62. The summed E-state index contributed by atoms with van der Waals surface area (Å²) in [6, 6.07) is 5.50. The first-order valence-electron chi connectivity index (χ1n) is 8.30. The van der Waals surface area contributed by atoms with Crippen LogP contribution in [0.3, 0.4) is 0 Å². The lowest BCUT2D eigenvalue weighted by Gasteiger charge is -2.26. The smallest absolute Gasteiger partial charge is 0.290 e. The van der Waals surface area contributed by atoms with Crippen molar-refractivity contribution in [1.82, 2.24) is 19.2 Å². The van der Waals surface area contributed by atoms with Crippen molar-refractivity contribution in [2.24, 2.45) is 0 Å². The highest BCUT2D eigenvalue weighted by Gasteiger charge is 2.27. The van der Waals surface area contributed by atoms with Crippen LogP contribution >= 0.6 is 0 Å². The van der Waals surface area contributed by atoms with Gasteiger partial charge in [-0.2, -0.15) is 0 Å². The molecular formula is C17H22N4O3. The molecule has 7 nitrogen and oxygen atoms in total. The van der Waals surface area contributed by atoms with Crippen molar-refractivity contribution in [3.63, 3.8) is 0 Å². The normalized spacial score (nSPS) is 14.8. The van der Waals surface area contributed by atoms with Gasteiger partial charge in [0, 0.05) is 32.4 Å². The average molecular weight is 330 g/mol. The summed E-state index contributed by atoms with van der Waals surface area (Å²) < 4.78 is 7.00. The molecule has 128 valence electrons. The van der Waals surface area contributed by atoms with Gasteiger partial charge in [0.2, 0.25) is 5.82 Å². The summed E-state index contributed by atoms with van der Waals surface area (Å²) in [4.78, 5) is 33.4. The fraction of sp³-hybridized carbons (Fsp3) is 0.471. The molecule has 0 unspecified atom stereocenters. The Kier molecular flexibility index (Phi) is 4.80. The minimum Gasteiger partial charge on any atom is -0.378 e. The van der Waals surface area contributed by atoms with Gasteiger partial charge < -0.3 is 14.5 Å². The van der Waals surface area contributed by atoms with E-state index in [-0.39, 0.29) is 17.6 Å². The van der Waals surface area contributed by atoms with Gasteiger partial charge in [0.15, 0.2) is 5.69 Å². The monoisotopic (exact) mass is 330 g/mol. The molecule has 3 heterocycles. The highest BCUT2D eigenvalue weighted by molar-refractivity contribution is 6.02. The van der Waals surface area contributed by atoms with Crippen molar-refractivity contribution in [2.45, 2.75) is 13.8 Å². The van der Waals surface area contributed by atoms with Gasteiger partial charge in [-0.1, -0.05) is 6.07 Å². The predicted molar refractivity (Wildman–Crippen MR) is 89.2 cm³/mol. The van der Waals surface area contributed by atoms with Crippen LogP contribution in [0.4, 0.5) is 0 Å². The molecule has 1 fully saturated rings. The first kappa shape index (κ1) is 16.4. The summed E-state index contributed by atoms with van der Waals surface area (Å²) >= 11 is 0. The van der Waals surface area contributed by atoms with E-state index in [1.807, 2.05) is 32.0 Å². The number of ether oxygens (including phenoxy) is 1. The van der Waals surface area contributed by atoms with Crippen LogP contribution in [-0.4, -0.2) is 70.4 Å². The molecule has 0 N–H and O–H groups in total. The molecule has 1 aliphatic heterocycles. The fourth-order valence-electron chi connectivity index (χ4n) is 2.91. The molecule has 1 aliphatic rings. The molecular weight excluding hydrogens is 308 g/mol. The maximum Gasteiger partial charge on any atom is 0.290 e. The van der Waals surface area contributed by atoms with Gasteiger partial charge in [-0.3, -0.25) is 14.0 Å². The van der Waals surface area contributed by atoms with Gasteiger partial charge in [-0.15, -0.1) is 0 Å². The maximum atomic E-state index is 12.8. The Bertz CT molecular complexity index is 745. The van der Waals surface area contributed by atoms with Gasteiger partial charge in [0.1, 0.15) is 0 Å². The number of aromatic nitrogens is 2. The topological polar surface area (TPSA) is 67.2 Å². The Morgan fingerprint density at radius 1 is 1.21 bits per heavy atom. The van der Waals surface area contributed by atoms with E-state index in [4.69, 9.17) is 4.74 Å². The fourth-order valence-corrected chi connectivity index (χ4v) is 2.91. The molecule has 0 atom stereocenters. The third-order valence-corrected chi connectivity index (χ3v) is 4.29. The Balaban J connectivity index is 2.03. The molecule has 2 aromatic rings. The van der Waals surface area contributed by atoms with E-state index < -0.39 is 0 Å². The van der Waals surface area contributed by atoms with Crippen molar-refractivity contribution in [3.8, 4) is 0 Å². The number of rotatable bonds is 4. The number of morpholine rings is 1. The van der Waals surface area contributed by atoms with Crippen LogP contribution in [0, 0.1) is 0 Å². The second-order valence-corrected chi connectivity index (χ2v) is 5.62. The number of hydrogen-bond acceptors (Lipinski definition) is 4. The van der Waals surface area contributed by atoms with Crippen molar-refractivity contribution in [1.29, 1.82) is 0 Å². The quantitative estimate of drug-likeness (QED) is 0.847. The molecule has 0 bridgehead atoms. The number of nitrogens with zero attached hydrogens (tertiary/aromatic N) is 4. The van der Waals surface area contributed by atoms with E-state index in [0.717, 1.165) is 0 Å². The number of fused-ring (bicyclic) bond motifs is 1. The van der Waals surface area contributed by atoms with Gasteiger partial charge in [0.05, 0.1) is 18.7 Å². The molecule has 1 saturated heterocycles. The Labute approximate surface area is 140 Å². The summed E-state index contributed by atoms with van der Waals surface area (Å²) in [6.07, 6.45) is 1.77.